The molecule has 0 saturated heterocycles. The second-order valence-corrected chi connectivity index (χ2v) is 7.93. The lowest BCUT2D eigenvalue weighted by Crippen LogP contribution is -2.10. The highest BCUT2D eigenvalue weighted by Gasteiger charge is 2.13. The molecule has 0 unspecified atom stereocenters. The van der Waals surface area contributed by atoms with Crippen molar-refractivity contribution in [2.75, 3.05) is 6.61 Å². The predicted octanol–water partition coefficient (Wildman–Crippen LogP) is 4.08. The molecule has 0 fully saturated rings. The highest BCUT2D eigenvalue weighted by atomic mass is 16.5. The van der Waals surface area contributed by atoms with E-state index in [0.717, 1.165) is 34.4 Å². The number of carboxylic acids is 1. The Morgan fingerprint density at radius 2 is 1.78 bits per heavy atom. The van der Waals surface area contributed by atoms with Crippen LogP contribution in [0.4, 0.5) is 0 Å². The first-order chi connectivity index (χ1) is 17.6. The first-order valence-corrected chi connectivity index (χ1v) is 11.3. The number of hydrogen-bond donors (Lipinski definition) is 2. The fourth-order valence-electron chi connectivity index (χ4n) is 3.77. The van der Waals surface area contributed by atoms with Gasteiger partial charge in [-0.2, -0.15) is 5.21 Å². The van der Waals surface area contributed by atoms with Gasteiger partial charge in [-0.3, -0.25) is 4.98 Å². The number of hydrogen-bond acceptors (Lipinski definition) is 8. The summed E-state index contributed by atoms with van der Waals surface area (Å²) in [6.45, 7) is 1.86. The van der Waals surface area contributed by atoms with Gasteiger partial charge < -0.3 is 14.6 Å². The van der Waals surface area contributed by atoms with E-state index < -0.39 is 12.6 Å². The second-order valence-electron chi connectivity index (χ2n) is 7.93. The third-order valence-corrected chi connectivity index (χ3v) is 5.52. The first kappa shape index (κ1) is 22.9. The summed E-state index contributed by atoms with van der Waals surface area (Å²) in [5.41, 5.74) is 5.91. The maximum Gasteiger partial charge on any atom is 0.341 e. The molecule has 3 heterocycles. The molecule has 180 valence electrons. The number of aromatic nitrogens is 6. The third-order valence-electron chi connectivity index (χ3n) is 5.52. The predicted molar refractivity (Wildman–Crippen MR) is 131 cm³/mol. The van der Waals surface area contributed by atoms with Crippen LogP contribution in [0.15, 0.2) is 66.7 Å². The topological polar surface area (TPSA) is 136 Å². The van der Waals surface area contributed by atoms with Gasteiger partial charge in [-0.1, -0.05) is 55.5 Å². The van der Waals surface area contributed by atoms with Crippen molar-refractivity contribution in [3.8, 4) is 34.1 Å². The Morgan fingerprint density at radius 1 is 0.972 bits per heavy atom. The Labute approximate surface area is 206 Å². The average molecular weight is 483 g/mol. The molecule has 0 atom stereocenters. The van der Waals surface area contributed by atoms with Gasteiger partial charge in [-0.15, -0.1) is 10.2 Å². The van der Waals surface area contributed by atoms with E-state index >= 15 is 0 Å². The summed E-state index contributed by atoms with van der Waals surface area (Å²) in [6.07, 6.45) is 0.734. The van der Waals surface area contributed by atoms with Crippen molar-refractivity contribution in [2.24, 2.45) is 0 Å². The molecule has 3 aromatic heterocycles. The molecule has 36 heavy (non-hydrogen) atoms. The van der Waals surface area contributed by atoms with Crippen LogP contribution in [-0.2, 0) is 17.8 Å². The van der Waals surface area contributed by atoms with E-state index in [2.05, 4.69) is 30.6 Å². The van der Waals surface area contributed by atoms with Gasteiger partial charge in [0, 0.05) is 23.4 Å². The van der Waals surface area contributed by atoms with E-state index in [1.165, 1.54) is 0 Å². The van der Waals surface area contributed by atoms with Crippen LogP contribution in [0, 0.1) is 0 Å². The van der Waals surface area contributed by atoms with Crippen LogP contribution in [0.25, 0.3) is 33.5 Å². The van der Waals surface area contributed by atoms with Crippen molar-refractivity contribution >= 4 is 17.0 Å². The largest absolute Gasteiger partial charge is 0.486 e. The summed E-state index contributed by atoms with van der Waals surface area (Å²) in [5, 5.41) is 23.2. The summed E-state index contributed by atoms with van der Waals surface area (Å²) >= 11 is 0. The van der Waals surface area contributed by atoms with Crippen molar-refractivity contribution in [3.05, 3.63) is 78.0 Å². The monoisotopic (exact) mass is 482 g/mol. The van der Waals surface area contributed by atoms with Crippen LogP contribution in [0.3, 0.4) is 0 Å². The van der Waals surface area contributed by atoms with Crippen LogP contribution in [0.5, 0.6) is 11.6 Å². The van der Waals surface area contributed by atoms with E-state index in [9.17, 15) is 4.79 Å². The number of nitrogens with zero attached hydrogens (tertiary/aromatic N) is 5. The van der Waals surface area contributed by atoms with Gasteiger partial charge in [0.1, 0.15) is 17.9 Å². The molecular weight excluding hydrogens is 460 g/mol. The number of aliphatic carboxylic acids is 1. The number of ether oxygens (including phenoxy) is 2. The number of nitrogens with one attached hydrogen (secondary N) is 1. The smallest absolute Gasteiger partial charge is 0.341 e. The van der Waals surface area contributed by atoms with E-state index in [-0.39, 0.29) is 5.88 Å². The van der Waals surface area contributed by atoms with Gasteiger partial charge in [0.25, 0.3) is 0 Å². The number of pyridine rings is 2. The van der Waals surface area contributed by atoms with Crippen LogP contribution < -0.4 is 9.47 Å². The van der Waals surface area contributed by atoms with Crippen LogP contribution in [-0.4, -0.2) is 48.3 Å². The molecule has 10 heteroatoms. The quantitative estimate of drug-likeness (QED) is 0.318. The van der Waals surface area contributed by atoms with Gasteiger partial charge in [0.05, 0.1) is 5.52 Å². The van der Waals surface area contributed by atoms with Crippen molar-refractivity contribution < 1.29 is 19.4 Å². The highest BCUT2D eigenvalue weighted by molar-refractivity contribution is 5.82. The zero-order valence-electron chi connectivity index (χ0n) is 19.4. The molecule has 2 aromatic carbocycles. The number of benzene rings is 2. The molecule has 2 N–H and O–H groups in total. The normalized spacial score (nSPS) is 10.9. The fraction of sp³-hybridized carbons (Fsp3) is 0.154. The molecule has 0 bridgehead atoms. The van der Waals surface area contributed by atoms with Gasteiger partial charge in [0.2, 0.25) is 11.7 Å². The average Bonchev–Trinajstić information content (AvgIpc) is 3.45. The second kappa shape index (κ2) is 10.2. The number of fused-ring (bicyclic) bond motifs is 1. The molecule has 5 aromatic rings. The number of carbonyl (C=O) groups is 1. The molecule has 0 spiro atoms. The first-order valence-electron chi connectivity index (χ1n) is 11.3. The Kier molecular flexibility index (Phi) is 6.48. The fourth-order valence-corrected chi connectivity index (χ4v) is 3.77. The van der Waals surface area contributed by atoms with Gasteiger partial charge in [-0.25, -0.2) is 9.78 Å². The number of aryl methyl sites for hydroxylation is 1. The van der Waals surface area contributed by atoms with Gasteiger partial charge in [-0.05, 0) is 34.4 Å². The Hall–Kier alpha value is -4.86. The van der Waals surface area contributed by atoms with Crippen molar-refractivity contribution in [1.82, 2.24) is 30.6 Å². The minimum Gasteiger partial charge on any atom is -0.486 e. The van der Waals surface area contributed by atoms with Gasteiger partial charge >= 0.3 is 5.97 Å². The molecule has 0 amide bonds. The number of tetrazole rings is 1. The number of rotatable bonds is 9. The van der Waals surface area contributed by atoms with Crippen LogP contribution in [0.2, 0.25) is 0 Å². The molecule has 0 saturated carbocycles. The number of carboxylic acid groups (broad SMARTS) is 1. The molecule has 5 rings (SSSR count). The molecule has 0 radical (unpaired) electrons. The summed E-state index contributed by atoms with van der Waals surface area (Å²) in [7, 11) is 0. The SMILES string of the molecule is CCc1cc(OCc2ccc(-c3ccccc3-c3nn[nH]n3)cc2)c2nc(OCC(=O)O)ccc2n1. The Bertz CT molecular complexity index is 1500. The zero-order chi connectivity index (χ0) is 24.9. The molecular formula is C26H22N6O4. The van der Waals surface area contributed by atoms with Crippen molar-refractivity contribution in [3.63, 3.8) is 0 Å². The minimum atomic E-state index is -1.07. The lowest BCUT2D eigenvalue weighted by Gasteiger charge is -2.12. The summed E-state index contributed by atoms with van der Waals surface area (Å²) in [6, 6.07) is 21.1. The van der Waals surface area contributed by atoms with Crippen LogP contribution in [0.1, 0.15) is 18.2 Å². The lowest BCUT2D eigenvalue weighted by atomic mass is 9.98. The standard InChI is InChI=1S/C26H22N6O4/c1-2-18-13-22(25-21(27-18)11-12-23(28-25)36-15-24(33)34)35-14-16-7-9-17(10-8-16)19-5-3-4-6-20(19)26-29-31-32-30-26/h3-13H,2,14-15H2,1H3,(H,33,34)(H,29,30,31,32). The lowest BCUT2D eigenvalue weighted by molar-refractivity contribution is -0.139. The number of H-pyrrole nitrogens is 1. The highest BCUT2D eigenvalue weighted by Crippen LogP contribution is 2.31. The molecule has 0 aliphatic carbocycles. The van der Waals surface area contributed by atoms with E-state index in [4.69, 9.17) is 14.6 Å². The van der Waals surface area contributed by atoms with Crippen molar-refractivity contribution in [2.45, 2.75) is 20.0 Å². The van der Waals surface area contributed by atoms with E-state index in [0.29, 0.717) is 29.2 Å². The third kappa shape index (κ3) is 4.97. The maximum atomic E-state index is 10.8. The molecule has 10 nitrogen and oxygen atoms in total. The van der Waals surface area contributed by atoms with Gasteiger partial charge in [0.15, 0.2) is 6.61 Å². The van der Waals surface area contributed by atoms with E-state index in [1.807, 2.05) is 61.5 Å². The Balaban J connectivity index is 1.38. The van der Waals surface area contributed by atoms with Crippen LogP contribution >= 0.6 is 0 Å². The Morgan fingerprint density at radius 3 is 2.50 bits per heavy atom. The molecule has 0 aliphatic heterocycles. The summed E-state index contributed by atoms with van der Waals surface area (Å²) < 4.78 is 11.4. The summed E-state index contributed by atoms with van der Waals surface area (Å²) in [4.78, 5) is 19.9. The van der Waals surface area contributed by atoms with E-state index in [1.54, 1.807) is 12.1 Å². The minimum absolute atomic E-state index is 0.199. The maximum absolute atomic E-state index is 10.8. The number of aromatic amines is 1. The summed E-state index contributed by atoms with van der Waals surface area (Å²) in [5.74, 6) is 0.222. The van der Waals surface area contributed by atoms with Crippen molar-refractivity contribution in [1.29, 1.82) is 0 Å². The molecule has 0 aliphatic rings. The zero-order valence-corrected chi connectivity index (χ0v) is 19.4.